The Hall–Kier alpha value is -3.02. The van der Waals surface area contributed by atoms with Gasteiger partial charge in [-0.1, -0.05) is 18.2 Å². The van der Waals surface area contributed by atoms with Gasteiger partial charge in [0.05, 0.1) is 19.9 Å². The highest BCUT2D eigenvalue weighted by Crippen LogP contribution is 2.48. The lowest BCUT2D eigenvalue weighted by atomic mass is 10.0. The fourth-order valence-corrected chi connectivity index (χ4v) is 2.60. The number of hydrogen-bond donors (Lipinski definition) is 2. The van der Waals surface area contributed by atoms with E-state index in [9.17, 15) is 9.59 Å². The summed E-state index contributed by atoms with van der Waals surface area (Å²) in [7, 11) is 3.07. The molecule has 0 bridgehead atoms. The van der Waals surface area contributed by atoms with Gasteiger partial charge in [-0.15, -0.1) is 0 Å². The Morgan fingerprint density at radius 1 is 0.920 bits per heavy atom. The van der Waals surface area contributed by atoms with Crippen molar-refractivity contribution < 1.29 is 19.1 Å². The van der Waals surface area contributed by atoms with Crippen molar-refractivity contribution in [2.75, 3.05) is 24.9 Å². The first-order chi connectivity index (χ1) is 12.1. The van der Waals surface area contributed by atoms with Crippen LogP contribution in [0.2, 0.25) is 0 Å². The van der Waals surface area contributed by atoms with Crippen LogP contribution < -0.4 is 20.1 Å². The number of anilines is 2. The quantitative estimate of drug-likeness (QED) is 0.793. The largest absolute Gasteiger partial charge is 0.497 e. The van der Waals surface area contributed by atoms with Crippen LogP contribution in [-0.2, 0) is 9.59 Å². The number of carbonyl (C=O) groups excluding carboxylic acids is 2. The molecular formula is C19H20N2O4. The number of benzene rings is 2. The van der Waals surface area contributed by atoms with E-state index < -0.39 is 5.41 Å². The number of hydrogen-bond acceptors (Lipinski definition) is 4. The average molecular weight is 340 g/mol. The van der Waals surface area contributed by atoms with E-state index >= 15 is 0 Å². The normalized spacial score (nSPS) is 14.3. The van der Waals surface area contributed by atoms with Gasteiger partial charge in [0.25, 0.3) is 0 Å². The maximum Gasteiger partial charge on any atom is 0.240 e. The van der Waals surface area contributed by atoms with Gasteiger partial charge in [0.2, 0.25) is 11.8 Å². The molecule has 0 spiro atoms. The minimum absolute atomic E-state index is 0.288. The molecule has 0 heterocycles. The van der Waals surface area contributed by atoms with Gasteiger partial charge in [-0.05, 0) is 37.1 Å². The van der Waals surface area contributed by atoms with E-state index in [0.717, 1.165) is 0 Å². The van der Waals surface area contributed by atoms with E-state index in [0.29, 0.717) is 35.7 Å². The van der Waals surface area contributed by atoms with Crippen LogP contribution in [0.5, 0.6) is 11.5 Å². The fourth-order valence-electron chi connectivity index (χ4n) is 2.60. The van der Waals surface area contributed by atoms with Crippen molar-refractivity contribution in [3.63, 3.8) is 0 Å². The standard InChI is InChI=1S/C19H20N2O4/c1-24-14-8-9-15(16(12-14)25-2)21-18(23)19(10-11-19)17(22)20-13-6-4-3-5-7-13/h3-9,12H,10-11H2,1-2H3,(H,20,22)(H,21,23). The van der Waals surface area contributed by atoms with Gasteiger partial charge in [0.15, 0.2) is 0 Å². The van der Waals surface area contributed by atoms with Crippen molar-refractivity contribution in [1.29, 1.82) is 0 Å². The Morgan fingerprint density at radius 3 is 2.20 bits per heavy atom. The molecule has 0 aliphatic heterocycles. The number of amides is 2. The summed E-state index contributed by atoms with van der Waals surface area (Å²) in [6, 6.07) is 14.2. The molecular weight excluding hydrogens is 320 g/mol. The third kappa shape index (κ3) is 3.42. The van der Waals surface area contributed by atoms with Gasteiger partial charge in [-0.3, -0.25) is 9.59 Å². The van der Waals surface area contributed by atoms with Gasteiger partial charge < -0.3 is 20.1 Å². The Bertz CT molecular complexity index is 785. The Morgan fingerprint density at radius 2 is 1.60 bits per heavy atom. The van der Waals surface area contributed by atoms with E-state index in [4.69, 9.17) is 9.47 Å². The lowest BCUT2D eigenvalue weighted by Gasteiger charge is -2.17. The summed E-state index contributed by atoms with van der Waals surface area (Å²) in [5.74, 6) is 0.484. The van der Waals surface area contributed by atoms with Crippen molar-refractivity contribution in [1.82, 2.24) is 0 Å². The topological polar surface area (TPSA) is 76.7 Å². The molecule has 0 unspecified atom stereocenters. The molecule has 1 aliphatic carbocycles. The average Bonchev–Trinajstić information content (AvgIpc) is 3.45. The van der Waals surface area contributed by atoms with Crippen LogP contribution in [0.25, 0.3) is 0 Å². The molecule has 0 atom stereocenters. The zero-order valence-electron chi connectivity index (χ0n) is 14.2. The van der Waals surface area contributed by atoms with E-state index in [1.54, 1.807) is 37.4 Å². The fraction of sp³-hybridized carbons (Fsp3) is 0.263. The number of para-hydroxylation sites is 1. The second kappa shape index (κ2) is 6.84. The maximum absolute atomic E-state index is 12.7. The Labute approximate surface area is 146 Å². The van der Waals surface area contributed by atoms with Crippen LogP contribution in [0.3, 0.4) is 0 Å². The SMILES string of the molecule is COc1ccc(NC(=O)C2(C(=O)Nc3ccccc3)CC2)c(OC)c1. The predicted molar refractivity (Wildman–Crippen MR) is 94.9 cm³/mol. The smallest absolute Gasteiger partial charge is 0.240 e. The molecule has 3 rings (SSSR count). The van der Waals surface area contributed by atoms with Crippen molar-refractivity contribution in [2.24, 2.45) is 5.41 Å². The van der Waals surface area contributed by atoms with E-state index in [-0.39, 0.29) is 11.8 Å². The van der Waals surface area contributed by atoms with E-state index in [1.165, 1.54) is 7.11 Å². The molecule has 2 aromatic rings. The highest BCUT2D eigenvalue weighted by molar-refractivity contribution is 6.17. The van der Waals surface area contributed by atoms with Crippen LogP contribution in [0.4, 0.5) is 11.4 Å². The first-order valence-electron chi connectivity index (χ1n) is 7.99. The summed E-state index contributed by atoms with van der Waals surface area (Å²) in [6.45, 7) is 0. The van der Waals surface area contributed by atoms with Gasteiger partial charge in [0, 0.05) is 11.8 Å². The molecule has 1 aliphatic rings. The second-order valence-corrected chi connectivity index (χ2v) is 5.92. The minimum Gasteiger partial charge on any atom is -0.497 e. The molecule has 6 nitrogen and oxygen atoms in total. The molecule has 0 radical (unpaired) electrons. The summed E-state index contributed by atoms with van der Waals surface area (Å²) in [6.07, 6.45) is 1.05. The number of methoxy groups -OCH3 is 2. The van der Waals surface area contributed by atoms with Gasteiger partial charge in [-0.25, -0.2) is 0 Å². The summed E-state index contributed by atoms with van der Waals surface area (Å²) < 4.78 is 10.4. The van der Waals surface area contributed by atoms with Gasteiger partial charge >= 0.3 is 0 Å². The highest BCUT2D eigenvalue weighted by Gasteiger charge is 2.56. The zero-order valence-corrected chi connectivity index (χ0v) is 14.2. The third-order valence-electron chi connectivity index (χ3n) is 4.31. The highest BCUT2D eigenvalue weighted by atomic mass is 16.5. The van der Waals surface area contributed by atoms with Crippen molar-refractivity contribution in [3.05, 3.63) is 48.5 Å². The molecule has 6 heteroatoms. The Balaban J connectivity index is 1.73. The molecule has 0 saturated heterocycles. The summed E-state index contributed by atoms with van der Waals surface area (Å²) in [5, 5.41) is 5.61. The molecule has 25 heavy (non-hydrogen) atoms. The molecule has 130 valence electrons. The lowest BCUT2D eigenvalue weighted by molar-refractivity contribution is -0.131. The summed E-state index contributed by atoms with van der Waals surface area (Å²) in [4.78, 5) is 25.3. The third-order valence-corrected chi connectivity index (χ3v) is 4.31. The van der Waals surface area contributed by atoms with Gasteiger partial charge in [-0.2, -0.15) is 0 Å². The van der Waals surface area contributed by atoms with Crippen LogP contribution in [0.1, 0.15) is 12.8 Å². The first kappa shape index (κ1) is 16.8. The van der Waals surface area contributed by atoms with Crippen molar-refractivity contribution in [2.45, 2.75) is 12.8 Å². The molecule has 1 fully saturated rings. The van der Waals surface area contributed by atoms with Crippen molar-refractivity contribution in [3.8, 4) is 11.5 Å². The van der Waals surface area contributed by atoms with E-state index in [2.05, 4.69) is 10.6 Å². The minimum atomic E-state index is -1.03. The first-order valence-corrected chi connectivity index (χ1v) is 7.99. The van der Waals surface area contributed by atoms with Crippen LogP contribution in [0, 0.1) is 5.41 Å². The molecule has 1 saturated carbocycles. The molecule has 0 aromatic heterocycles. The monoisotopic (exact) mass is 340 g/mol. The molecule has 2 aromatic carbocycles. The Kier molecular flexibility index (Phi) is 4.61. The van der Waals surface area contributed by atoms with Crippen molar-refractivity contribution >= 4 is 23.2 Å². The van der Waals surface area contributed by atoms with Crippen LogP contribution >= 0.6 is 0 Å². The number of rotatable bonds is 6. The molecule has 2 N–H and O–H groups in total. The predicted octanol–water partition coefficient (Wildman–Crippen LogP) is 3.06. The van der Waals surface area contributed by atoms with Crippen LogP contribution in [-0.4, -0.2) is 26.0 Å². The number of carbonyl (C=O) groups is 2. The zero-order chi connectivity index (χ0) is 17.9. The van der Waals surface area contributed by atoms with E-state index in [1.807, 2.05) is 18.2 Å². The summed E-state index contributed by atoms with van der Waals surface area (Å²) in [5.41, 5.74) is 0.154. The molecule has 2 amide bonds. The van der Waals surface area contributed by atoms with Crippen LogP contribution in [0.15, 0.2) is 48.5 Å². The second-order valence-electron chi connectivity index (χ2n) is 5.92. The summed E-state index contributed by atoms with van der Waals surface area (Å²) >= 11 is 0. The maximum atomic E-state index is 12.7. The van der Waals surface area contributed by atoms with Gasteiger partial charge in [0.1, 0.15) is 16.9 Å². The lowest BCUT2D eigenvalue weighted by Crippen LogP contribution is -2.35. The number of nitrogens with one attached hydrogen (secondary N) is 2. The number of ether oxygens (including phenoxy) is 2.